The van der Waals surface area contributed by atoms with Crippen LogP contribution in [-0.4, -0.2) is 27.3 Å². The molecule has 7 heteroatoms. The molecule has 0 fully saturated rings. The third-order valence-electron chi connectivity index (χ3n) is 4.94. The molecule has 0 bridgehead atoms. The van der Waals surface area contributed by atoms with E-state index in [0.717, 1.165) is 29.5 Å². The van der Waals surface area contributed by atoms with E-state index in [2.05, 4.69) is 25.7 Å². The highest BCUT2D eigenvalue weighted by Gasteiger charge is 2.23. The summed E-state index contributed by atoms with van der Waals surface area (Å²) in [4.78, 5) is 32.7. The molecular formula is C21H29N3O2S2. The first-order chi connectivity index (χ1) is 13.4. The van der Waals surface area contributed by atoms with E-state index in [-0.39, 0.29) is 16.7 Å². The summed E-state index contributed by atoms with van der Waals surface area (Å²) in [6.45, 7) is 10.8. The lowest BCUT2D eigenvalue weighted by Crippen LogP contribution is -2.34. The number of fused-ring (bicyclic) bond motifs is 3. The highest BCUT2D eigenvalue weighted by Crippen LogP contribution is 2.34. The minimum atomic E-state index is -0.322. The number of carbonyl (C=O) groups is 1. The van der Waals surface area contributed by atoms with Crippen molar-refractivity contribution in [3.63, 3.8) is 0 Å². The number of amides is 1. The van der Waals surface area contributed by atoms with Gasteiger partial charge in [0.15, 0.2) is 5.16 Å². The van der Waals surface area contributed by atoms with Crippen LogP contribution in [0.4, 0.5) is 0 Å². The molecule has 0 saturated carbocycles. The Morgan fingerprint density at radius 3 is 2.79 bits per heavy atom. The second-order valence-electron chi connectivity index (χ2n) is 7.74. The van der Waals surface area contributed by atoms with Gasteiger partial charge in [0.25, 0.3) is 5.56 Å². The predicted octanol–water partition coefficient (Wildman–Crippen LogP) is 4.17. The number of thioether (sulfide) groups is 1. The Hall–Kier alpha value is -1.60. The second kappa shape index (κ2) is 9.27. The molecular weight excluding hydrogens is 390 g/mol. The minimum Gasteiger partial charge on any atom is -0.355 e. The number of thiophene rings is 1. The zero-order chi connectivity index (χ0) is 20.3. The van der Waals surface area contributed by atoms with Crippen LogP contribution < -0.4 is 10.9 Å². The van der Waals surface area contributed by atoms with Crippen molar-refractivity contribution in [3.05, 3.63) is 33.4 Å². The fraction of sp³-hybridized carbons (Fsp3) is 0.571. The van der Waals surface area contributed by atoms with Crippen molar-refractivity contribution in [2.24, 2.45) is 5.92 Å². The van der Waals surface area contributed by atoms with Crippen LogP contribution in [0.2, 0.25) is 0 Å². The van der Waals surface area contributed by atoms with E-state index in [9.17, 15) is 9.59 Å². The largest absolute Gasteiger partial charge is 0.355 e. The topological polar surface area (TPSA) is 64.0 Å². The number of aryl methyl sites for hydroxylation is 2. The fourth-order valence-corrected chi connectivity index (χ4v) is 5.68. The van der Waals surface area contributed by atoms with Crippen molar-refractivity contribution in [2.75, 3.05) is 6.54 Å². The molecule has 2 heterocycles. The third-order valence-corrected chi connectivity index (χ3v) is 7.21. The lowest BCUT2D eigenvalue weighted by molar-refractivity contribution is -0.120. The van der Waals surface area contributed by atoms with Crippen LogP contribution in [0, 0.1) is 5.92 Å². The normalized spacial score (nSPS) is 15.3. The average molecular weight is 420 g/mol. The van der Waals surface area contributed by atoms with Gasteiger partial charge in [-0.25, -0.2) is 4.98 Å². The molecule has 0 radical (unpaired) electrons. The van der Waals surface area contributed by atoms with Gasteiger partial charge in [0.05, 0.1) is 10.6 Å². The first kappa shape index (κ1) is 21.1. The Kier molecular flexibility index (Phi) is 6.99. The molecule has 0 aliphatic heterocycles. The summed E-state index contributed by atoms with van der Waals surface area (Å²) in [6.07, 6.45) is 7.23. The molecule has 1 atom stereocenters. The molecule has 1 aliphatic rings. The maximum Gasteiger partial charge on any atom is 0.263 e. The van der Waals surface area contributed by atoms with Gasteiger partial charge < -0.3 is 5.32 Å². The Bertz CT molecular complexity index is 930. The highest BCUT2D eigenvalue weighted by molar-refractivity contribution is 8.00. The quantitative estimate of drug-likeness (QED) is 0.317. The summed E-state index contributed by atoms with van der Waals surface area (Å²) in [5.74, 6) is 0.372. The van der Waals surface area contributed by atoms with Gasteiger partial charge in [-0.15, -0.1) is 17.9 Å². The number of rotatable bonds is 7. The number of aromatic nitrogens is 2. The highest BCUT2D eigenvalue weighted by atomic mass is 32.2. The van der Waals surface area contributed by atoms with Gasteiger partial charge in [0, 0.05) is 18.0 Å². The standard InChI is InChI=1S/C21H29N3O2S2/c1-5-11-24-20(26)17-15-9-7-6-8-10-16(15)28-19(17)23-21(24)27-14(4)18(25)22-12-13(2)3/h5,13-14H,1,6-12H2,2-4H3,(H,22,25)/t14-/m1/s1. The number of nitrogens with zero attached hydrogens (tertiary/aromatic N) is 2. The van der Waals surface area contributed by atoms with Crippen molar-refractivity contribution >= 4 is 39.2 Å². The van der Waals surface area contributed by atoms with E-state index in [1.807, 2.05) is 6.92 Å². The maximum absolute atomic E-state index is 13.3. The molecule has 28 heavy (non-hydrogen) atoms. The van der Waals surface area contributed by atoms with Gasteiger partial charge >= 0.3 is 0 Å². The van der Waals surface area contributed by atoms with Crippen LogP contribution >= 0.6 is 23.1 Å². The second-order valence-corrected chi connectivity index (χ2v) is 10.1. The van der Waals surface area contributed by atoms with E-state index in [1.54, 1.807) is 22.0 Å². The summed E-state index contributed by atoms with van der Waals surface area (Å²) < 4.78 is 1.67. The summed E-state index contributed by atoms with van der Waals surface area (Å²) in [6, 6.07) is 0. The van der Waals surface area contributed by atoms with E-state index < -0.39 is 0 Å². The van der Waals surface area contributed by atoms with Crippen LogP contribution in [0.3, 0.4) is 0 Å². The first-order valence-electron chi connectivity index (χ1n) is 10.0. The number of hydrogen-bond donors (Lipinski definition) is 1. The molecule has 2 aromatic heterocycles. The summed E-state index contributed by atoms with van der Waals surface area (Å²) in [7, 11) is 0. The lowest BCUT2D eigenvalue weighted by atomic mass is 10.1. The SMILES string of the molecule is C=CCn1c(S[C@H](C)C(=O)NCC(C)C)nc2sc3c(c2c1=O)CCCCC3. The molecule has 0 aromatic carbocycles. The lowest BCUT2D eigenvalue weighted by Gasteiger charge is -2.15. The third kappa shape index (κ3) is 4.51. The Morgan fingerprint density at radius 2 is 2.07 bits per heavy atom. The molecule has 1 amide bonds. The van der Waals surface area contributed by atoms with Gasteiger partial charge in [-0.05, 0) is 44.1 Å². The Balaban J connectivity index is 1.97. The van der Waals surface area contributed by atoms with E-state index in [4.69, 9.17) is 4.98 Å². The Labute approximate surface area is 174 Å². The van der Waals surface area contributed by atoms with Crippen LogP contribution in [0.1, 0.15) is 50.5 Å². The molecule has 2 aromatic rings. The number of nitrogens with one attached hydrogen (secondary N) is 1. The summed E-state index contributed by atoms with van der Waals surface area (Å²) in [5.41, 5.74) is 1.20. The summed E-state index contributed by atoms with van der Waals surface area (Å²) in [5, 5.41) is 4.02. The molecule has 0 unspecified atom stereocenters. The fourth-order valence-electron chi connectivity index (χ4n) is 3.44. The average Bonchev–Trinajstić information content (AvgIpc) is 2.84. The zero-order valence-electron chi connectivity index (χ0n) is 16.9. The predicted molar refractivity (Wildman–Crippen MR) is 119 cm³/mol. The van der Waals surface area contributed by atoms with Crippen molar-refractivity contribution in [1.29, 1.82) is 0 Å². The molecule has 1 N–H and O–H groups in total. The minimum absolute atomic E-state index is 0.00147. The number of hydrogen-bond acceptors (Lipinski definition) is 5. The van der Waals surface area contributed by atoms with E-state index in [1.165, 1.54) is 35.0 Å². The van der Waals surface area contributed by atoms with Crippen LogP contribution in [-0.2, 0) is 24.2 Å². The van der Waals surface area contributed by atoms with Crippen molar-refractivity contribution in [2.45, 2.75) is 69.8 Å². The Morgan fingerprint density at radius 1 is 1.32 bits per heavy atom. The van der Waals surface area contributed by atoms with Crippen molar-refractivity contribution < 1.29 is 4.79 Å². The molecule has 0 saturated heterocycles. The van der Waals surface area contributed by atoms with Crippen LogP contribution in [0.5, 0.6) is 0 Å². The maximum atomic E-state index is 13.3. The van der Waals surface area contributed by atoms with Gasteiger partial charge in [-0.2, -0.15) is 0 Å². The van der Waals surface area contributed by atoms with E-state index >= 15 is 0 Å². The molecule has 3 rings (SSSR count). The van der Waals surface area contributed by atoms with Gasteiger partial charge in [0.2, 0.25) is 5.91 Å². The van der Waals surface area contributed by atoms with Crippen LogP contribution in [0.25, 0.3) is 10.2 Å². The van der Waals surface area contributed by atoms with Gasteiger partial charge in [-0.3, -0.25) is 14.2 Å². The number of allylic oxidation sites excluding steroid dienone is 1. The van der Waals surface area contributed by atoms with Crippen LogP contribution in [0.15, 0.2) is 22.6 Å². The van der Waals surface area contributed by atoms with Gasteiger partial charge in [0.1, 0.15) is 4.83 Å². The summed E-state index contributed by atoms with van der Waals surface area (Å²) >= 11 is 3.00. The van der Waals surface area contributed by atoms with Crippen molar-refractivity contribution in [1.82, 2.24) is 14.9 Å². The molecule has 0 spiro atoms. The molecule has 5 nitrogen and oxygen atoms in total. The van der Waals surface area contributed by atoms with Crippen molar-refractivity contribution in [3.8, 4) is 0 Å². The van der Waals surface area contributed by atoms with E-state index in [0.29, 0.717) is 24.2 Å². The molecule has 1 aliphatic carbocycles. The van der Waals surface area contributed by atoms with Gasteiger partial charge in [-0.1, -0.05) is 38.1 Å². The molecule has 152 valence electrons. The first-order valence-corrected chi connectivity index (χ1v) is 11.7. The monoisotopic (exact) mass is 419 g/mol. The smallest absolute Gasteiger partial charge is 0.263 e. The number of carbonyl (C=O) groups excluding carboxylic acids is 1. The zero-order valence-corrected chi connectivity index (χ0v) is 18.5.